The Kier molecular flexibility index (Phi) is 11.1. The Balaban J connectivity index is 0.000000231. The van der Waals surface area contributed by atoms with Crippen molar-refractivity contribution in [3.05, 3.63) is 83.4 Å². The van der Waals surface area contributed by atoms with E-state index in [0.29, 0.717) is 36.0 Å². The van der Waals surface area contributed by atoms with E-state index in [1.807, 2.05) is 51.1 Å². The molecule has 1 fully saturated rings. The summed E-state index contributed by atoms with van der Waals surface area (Å²) in [5, 5.41) is 2.92. The van der Waals surface area contributed by atoms with E-state index in [0.717, 1.165) is 36.5 Å². The van der Waals surface area contributed by atoms with Gasteiger partial charge in [0.15, 0.2) is 0 Å². The van der Waals surface area contributed by atoms with Gasteiger partial charge in [-0.1, -0.05) is 78.8 Å². The van der Waals surface area contributed by atoms with Crippen LogP contribution in [0.25, 0.3) is 0 Å². The minimum atomic E-state index is -3.47. The Labute approximate surface area is 253 Å². The van der Waals surface area contributed by atoms with Crippen LogP contribution in [0.4, 0.5) is 0 Å². The Bertz CT molecular complexity index is 1410. The van der Waals surface area contributed by atoms with Crippen molar-refractivity contribution < 1.29 is 13.2 Å². The van der Waals surface area contributed by atoms with Gasteiger partial charge in [0.2, 0.25) is 10.0 Å². The second kappa shape index (κ2) is 14.0. The van der Waals surface area contributed by atoms with Gasteiger partial charge in [-0.3, -0.25) is 9.69 Å². The molecular weight excluding hydrogens is 546 g/mol. The number of aromatic amines is 1. The van der Waals surface area contributed by atoms with E-state index in [1.54, 1.807) is 31.6 Å². The van der Waals surface area contributed by atoms with E-state index in [9.17, 15) is 13.2 Å². The fraction of sp³-hybridized carbons (Fsp3) is 0.515. The maximum absolute atomic E-state index is 13.0. The van der Waals surface area contributed by atoms with Crippen molar-refractivity contribution >= 4 is 15.9 Å². The molecule has 1 aliphatic rings. The molecule has 9 heteroatoms. The molecule has 1 aromatic heterocycles. The molecule has 0 aliphatic carbocycles. The van der Waals surface area contributed by atoms with Gasteiger partial charge in [0, 0.05) is 44.5 Å². The molecule has 8 nitrogen and oxygen atoms in total. The molecule has 0 saturated carbocycles. The zero-order chi connectivity index (χ0) is 31.1. The first-order chi connectivity index (χ1) is 19.6. The van der Waals surface area contributed by atoms with Crippen LogP contribution < -0.4 is 5.32 Å². The van der Waals surface area contributed by atoms with Crippen molar-refractivity contribution in [2.24, 2.45) is 5.92 Å². The molecule has 2 aromatic carbocycles. The highest BCUT2D eigenvalue weighted by Gasteiger charge is 2.30. The van der Waals surface area contributed by atoms with Gasteiger partial charge in [0.05, 0.1) is 11.6 Å². The molecule has 0 radical (unpaired) electrons. The van der Waals surface area contributed by atoms with E-state index >= 15 is 0 Å². The number of hydrogen-bond acceptors (Lipinski definition) is 5. The van der Waals surface area contributed by atoms with Gasteiger partial charge in [0.25, 0.3) is 5.91 Å². The summed E-state index contributed by atoms with van der Waals surface area (Å²) in [6.45, 7) is 17.8. The molecule has 42 heavy (non-hydrogen) atoms. The molecule has 2 heterocycles. The number of H-pyrrole nitrogens is 1. The van der Waals surface area contributed by atoms with Crippen molar-refractivity contribution in [2.75, 3.05) is 33.4 Å². The summed E-state index contributed by atoms with van der Waals surface area (Å²) >= 11 is 0. The number of nitrogens with zero attached hydrogens (tertiary/aromatic N) is 3. The highest BCUT2D eigenvalue weighted by atomic mass is 32.2. The Morgan fingerprint density at radius 3 is 2.38 bits per heavy atom. The average molecular weight is 596 g/mol. The second-order valence-corrected chi connectivity index (χ2v) is 15.3. The van der Waals surface area contributed by atoms with Crippen LogP contribution in [0.15, 0.2) is 65.8 Å². The van der Waals surface area contributed by atoms with Gasteiger partial charge in [-0.25, -0.2) is 13.4 Å². The molecule has 1 atom stereocenters. The number of amides is 1. The number of rotatable bonds is 8. The molecule has 0 bridgehead atoms. The molecule has 1 amide bonds. The highest BCUT2D eigenvalue weighted by molar-refractivity contribution is 7.89. The van der Waals surface area contributed by atoms with Gasteiger partial charge >= 0.3 is 0 Å². The number of sulfonamides is 1. The third-order valence-electron chi connectivity index (χ3n) is 7.48. The van der Waals surface area contributed by atoms with Crippen LogP contribution in [0, 0.1) is 5.92 Å². The number of aromatic nitrogens is 2. The van der Waals surface area contributed by atoms with Crippen molar-refractivity contribution in [1.29, 1.82) is 0 Å². The van der Waals surface area contributed by atoms with E-state index in [-0.39, 0.29) is 16.7 Å². The molecular formula is C33H49N5O3S. The minimum Gasteiger partial charge on any atom is -0.352 e. The smallest absolute Gasteiger partial charge is 0.251 e. The molecule has 3 aromatic rings. The number of likely N-dealkylation sites (tertiary alicyclic amines) is 1. The van der Waals surface area contributed by atoms with E-state index in [4.69, 9.17) is 0 Å². The molecule has 1 saturated heterocycles. The van der Waals surface area contributed by atoms with Gasteiger partial charge in [-0.05, 0) is 59.0 Å². The van der Waals surface area contributed by atoms with Crippen LogP contribution in [0.3, 0.4) is 0 Å². The van der Waals surface area contributed by atoms with Crippen LogP contribution in [0.1, 0.15) is 82.2 Å². The SMILES string of the molecule is CC(C)(C)c1cccc(C(=O)NCCc2ncc[nH]2)c1.CC1CCN(CN(C)S(=O)(=O)c2ccccc2C(C)(C)C)C1. The topological polar surface area (TPSA) is 98.4 Å². The summed E-state index contributed by atoms with van der Waals surface area (Å²) < 4.78 is 27.4. The maximum atomic E-state index is 13.0. The normalized spacial score (nSPS) is 16.3. The minimum absolute atomic E-state index is 0.0392. The van der Waals surface area contributed by atoms with Gasteiger partial charge in [0.1, 0.15) is 5.82 Å². The summed E-state index contributed by atoms with van der Waals surface area (Å²) in [5.74, 6) is 1.49. The average Bonchev–Trinajstić information content (AvgIpc) is 3.59. The Hall–Kier alpha value is -3.01. The first-order valence-corrected chi connectivity index (χ1v) is 16.2. The van der Waals surface area contributed by atoms with Crippen LogP contribution in [-0.4, -0.2) is 66.8 Å². The predicted molar refractivity (Wildman–Crippen MR) is 170 cm³/mol. The Morgan fingerprint density at radius 1 is 1.07 bits per heavy atom. The summed E-state index contributed by atoms with van der Waals surface area (Å²) in [7, 11) is -1.79. The van der Waals surface area contributed by atoms with Gasteiger partial charge < -0.3 is 10.3 Å². The summed E-state index contributed by atoms with van der Waals surface area (Å²) in [5.41, 5.74) is 2.58. The van der Waals surface area contributed by atoms with Crippen molar-refractivity contribution in [3.8, 4) is 0 Å². The second-order valence-electron chi connectivity index (χ2n) is 13.3. The van der Waals surface area contributed by atoms with Crippen molar-refractivity contribution in [3.63, 3.8) is 0 Å². The fourth-order valence-electron chi connectivity index (χ4n) is 4.95. The molecule has 0 spiro atoms. The number of carbonyl (C=O) groups excluding carboxylic acids is 1. The summed E-state index contributed by atoms with van der Waals surface area (Å²) in [6.07, 6.45) is 5.35. The third-order valence-corrected chi connectivity index (χ3v) is 9.33. The van der Waals surface area contributed by atoms with E-state index in [1.165, 1.54) is 4.31 Å². The summed E-state index contributed by atoms with van der Waals surface area (Å²) in [4.78, 5) is 21.9. The van der Waals surface area contributed by atoms with E-state index in [2.05, 4.69) is 53.9 Å². The van der Waals surface area contributed by atoms with Crippen LogP contribution in [0.2, 0.25) is 0 Å². The van der Waals surface area contributed by atoms with Crippen LogP contribution in [0.5, 0.6) is 0 Å². The standard InChI is InChI=1S/C17H28N2O2S.C16H21N3O/c1-14-10-11-19(12-14)13-18(5)22(20,21)16-9-7-6-8-15(16)17(2,3)4;1-16(2,3)13-6-4-5-12(11-13)15(20)19-8-7-14-17-9-10-18-14/h6-9,14H,10-13H2,1-5H3;4-6,9-11H,7-8H2,1-3H3,(H,17,18)(H,19,20). The molecule has 1 unspecified atom stereocenters. The molecule has 230 valence electrons. The fourth-order valence-corrected chi connectivity index (χ4v) is 6.50. The maximum Gasteiger partial charge on any atom is 0.251 e. The van der Waals surface area contributed by atoms with Gasteiger partial charge in [-0.15, -0.1) is 0 Å². The van der Waals surface area contributed by atoms with Gasteiger partial charge in [-0.2, -0.15) is 4.31 Å². The highest BCUT2D eigenvalue weighted by Crippen LogP contribution is 2.30. The molecule has 4 rings (SSSR count). The first-order valence-electron chi connectivity index (χ1n) is 14.7. The first kappa shape index (κ1) is 33.5. The van der Waals surface area contributed by atoms with Crippen LogP contribution in [-0.2, 0) is 27.3 Å². The quantitative estimate of drug-likeness (QED) is 0.354. The number of imidazole rings is 1. The lowest BCUT2D eigenvalue weighted by molar-refractivity contribution is 0.0954. The number of carbonyl (C=O) groups is 1. The van der Waals surface area contributed by atoms with Crippen LogP contribution >= 0.6 is 0 Å². The number of hydrogen-bond donors (Lipinski definition) is 2. The third kappa shape index (κ3) is 9.24. The molecule has 1 aliphatic heterocycles. The molecule has 2 N–H and O–H groups in total. The lowest BCUT2D eigenvalue weighted by Gasteiger charge is -2.27. The zero-order valence-corrected chi connectivity index (χ0v) is 27.4. The largest absolute Gasteiger partial charge is 0.352 e. The number of nitrogens with one attached hydrogen (secondary N) is 2. The lowest BCUT2D eigenvalue weighted by Crippen LogP contribution is -2.38. The lowest BCUT2D eigenvalue weighted by atomic mass is 9.86. The van der Waals surface area contributed by atoms with Crippen molar-refractivity contribution in [2.45, 2.75) is 77.0 Å². The number of benzene rings is 2. The predicted octanol–water partition coefficient (Wildman–Crippen LogP) is 5.58. The Morgan fingerprint density at radius 2 is 1.79 bits per heavy atom. The van der Waals surface area contributed by atoms with Crippen molar-refractivity contribution in [1.82, 2.24) is 24.5 Å². The monoisotopic (exact) mass is 595 g/mol. The zero-order valence-electron chi connectivity index (χ0n) is 26.6. The van der Waals surface area contributed by atoms with E-state index < -0.39 is 10.0 Å². The summed E-state index contributed by atoms with van der Waals surface area (Å²) in [6, 6.07) is 15.1.